The van der Waals surface area contributed by atoms with Crippen molar-refractivity contribution in [2.45, 2.75) is 19.8 Å². The van der Waals surface area contributed by atoms with E-state index in [9.17, 15) is 0 Å². The molecule has 0 atom stereocenters. The Balaban J connectivity index is 2.26. The number of aromatic nitrogens is 1. The molecule has 0 amide bonds. The molecule has 0 aliphatic rings. The topological polar surface area (TPSA) is 52.0 Å². The van der Waals surface area contributed by atoms with Gasteiger partial charge in [-0.05, 0) is 24.6 Å². The Morgan fingerprint density at radius 2 is 2.00 bits per heavy atom. The maximum atomic E-state index is 8.88. The van der Waals surface area contributed by atoms with Crippen LogP contribution in [0.2, 0.25) is 0 Å². The lowest BCUT2D eigenvalue weighted by Gasteiger charge is -2.24. The molecule has 0 saturated heterocycles. The van der Waals surface area contributed by atoms with E-state index in [-0.39, 0.29) is 0 Å². The van der Waals surface area contributed by atoms with Crippen molar-refractivity contribution >= 4 is 17.2 Å². The first-order valence-corrected chi connectivity index (χ1v) is 7.24. The Morgan fingerprint density at radius 1 is 1.19 bits per heavy atom. The molecule has 21 heavy (non-hydrogen) atoms. The van der Waals surface area contributed by atoms with E-state index in [1.807, 2.05) is 30.3 Å². The second kappa shape index (κ2) is 7.91. The summed E-state index contributed by atoms with van der Waals surface area (Å²) < 4.78 is 0. The van der Waals surface area contributed by atoms with E-state index in [1.165, 1.54) is 0 Å². The zero-order chi connectivity index (χ0) is 14.9. The van der Waals surface area contributed by atoms with Gasteiger partial charge in [0.05, 0.1) is 12.5 Å². The highest BCUT2D eigenvalue weighted by atomic mass is 15.1. The van der Waals surface area contributed by atoms with Crippen LogP contribution in [0.15, 0.2) is 48.7 Å². The summed E-state index contributed by atoms with van der Waals surface area (Å²) in [5, 5.41) is 12.2. The van der Waals surface area contributed by atoms with Gasteiger partial charge in [0.15, 0.2) is 0 Å². The lowest BCUT2D eigenvalue weighted by Crippen LogP contribution is -2.18. The fourth-order valence-corrected chi connectivity index (χ4v) is 2.11. The van der Waals surface area contributed by atoms with Gasteiger partial charge in [-0.1, -0.05) is 25.1 Å². The van der Waals surface area contributed by atoms with Crippen LogP contribution in [0.4, 0.5) is 17.2 Å². The predicted molar refractivity (Wildman–Crippen MR) is 86.7 cm³/mol. The highest BCUT2D eigenvalue weighted by Gasteiger charge is 2.09. The van der Waals surface area contributed by atoms with Crippen LogP contribution in [-0.2, 0) is 0 Å². The van der Waals surface area contributed by atoms with Crippen LogP contribution < -0.4 is 10.2 Å². The minimum Gasteiger partial charge on any atom is -0.370 e. The molecule has 0 unspecified atom stereocenters. The number of benzene rings is 1. The van der Waals surface area contributed by atoms with Gasteiger partial charge in [-0.25, -0.2) is 4.98 Å². The molecule has 4 heteroatoms. The van der Waals surface area contributed by atoms with E-state index in [0.717, 1.165) is 30.2 Å². The summed E-state index contributed by atoms with van der Waals surface area (Å²) in [6.45, 7) is 3.69. The average molecular weight is 280 g/mol. The maximum absolute atomic E-state index is 8.88. The van der Waals surface area contributed by atoms with Gasteiger partial charge in [-0.3, -0.25) is 0 Å². The third-order valence-corrected chi connectivity index (χ3v) is 3.13. The highest BCUT2D eigenvalue weighted by Crippen LogP contribution is 2.26. The van der Waals surface area contributed by atoms with Crippen molar-refractivity contribution in [1.29, 1.82) is 5.26 Å². The van der Waals surface area contributed by atoms with Gasteiger partial charge < -0.3 is 10.2 Å². The molecule has 1 aromatic carbocycles. The Kier molecular flexibility index (Phi) is 5.60. The number of hydrogen-bond donors (Lipinski definition) is 1. The van der Waals surface area contributed by atoms with Crippen molar-refractivity contribution in [3.05, 3.63) is 48.7 Å². The standard InChI is InChI=1S/C17H20N4/c1-2-11-19-17-14-16(9-12-20-17)21(13-6-10-18)15-7-4-3-5-8-15/h3-5,7-9,12,14H,2,6,11,13H2,1H3,(H,19,20). The van der Waals surface area contributed by atoms with E-state index >= 15 is 0 Å². The number of anilines is 3. The van der Waals surface area contributed by atoms with Gasteiger partial charge in [0.1, 0.15) is 5.82 Å². The number of nitrogens with one attached hydrogen (secondary N) is 1. The Labute approximate surface area is 126 Å². The van der Waals surface area contributed by atoms with E-state index in [4.69, 9.17) is 5.26 Å². The number of nitriles is 1. The summed E-state index contributed by atoms with van der Waals surface area (Å²) in [4.78, 5) is 6.47. The highest BCUT2D eigenvalue weighted by molar-refractivity contribution is 5.65. The van der Waals surface area contributed by atoms with Gasteiger partial charge in [0, 0.05) is 36.7 Å². The molecule has 0 fully saturated rings. The lowest BCUT2D eigenvalue weighted by molar-refractivity contribution is 0.941. The summed E-state index contributed by atoms with van der Waals surface area (Å²) >= 11 is 0. The van der Waals surface area contributed by atoms with E-state index < -0.39 is 0 Å². The second-order valence-electron chi connectivity index (χ2n) is 4.72. The van der Waals surface area contributed by atoms with Crippen LogP contribution in [0.5, 0.6) is 0 Å². The molecule has 1 aromatic heterocycles. The third kappa shape index (κ3) is 4.22. The molecule has 0 bridgehead atoms. The summed E-state index contributed by atoms with van der Waals surface area (Å²) in [6.07, 6.45) is 3.34. The first kappa shape index (κ1) is 14.9. The van der Waals surface area contributed by atoms with Crippen LogP contribution in [0.25, 0.3) is 0 Å². The van der Waals surface area contributed by atoms with Gasteiger partial charge in [0.2, 0.25) is 0 Å². The van der Waals surface area contributed by atoms with Crippen LogP contribution in [0.3, 0.4) is 0 Å². The molecule has 2 rings (SSSR count). The lowest BCUT2D eigenvalue weighted by atomic mass is 10.2. The van der Waals surface area contributed by atoms with Crippen molar-refractivity contribution in [1.82, 2.24) is 4.98 Å². The van der Waals surface area contributed by atoms with Crippen molar-refractivity contribution in [2.24, 2.45) is 0 Å². The normalized spacial score (nSPS) is 9.90. The first-order valence-electron chi connectivity index (χ1n) is 7.24. The number of para-hydroxylation sites is 1. The molecular weight excluding hydrogens is 260 g/mol. The largest absolute Gasteiger partial charge is 0.370 e. The van der Waals surface area contributed by atoms with Gasteiger partial charge in [-0.2, -0.15) is 5.26 Å². The SMILES string of the molecule is CCCNc1cc(N(CCC#N)c2ccccc2)ccn1. The molecule has 0 aliphatic heterocycles. The van der Waals surface area contributed by atoms with E-state index in [2.05, 4.69) is 40.3 Å². The molecule has 1 heterocycles. The van der Waals surface area contributed by atoms with Crippen LogP contribution in [-0.4, -0.2) is 18.1 Å². The minimum atomic E-state index is 0.481. The van der Waals surface area contributed by atoms with Crippen LogP contribution >= 0.6 is 0 Å². The molecule has 4 nitrogen and oxygen atoms in total. The molecule has 0 spiro atoms. The Morgan fingerprint density at radius 3 is 2.71 bits per heavy atom. The number of nitrogens with zero attached hydrogens (tertiary/aromatic N) is 3. The molecule has 2 aromatic rings. The molecule has 1 N–H and O–H groups in total. The zero-order valence-electron chi connectivity index (χ0n) is 12.3. The summed E-state index contributed by atoms with van der Waals surface area (Å²) in [5.74, 6) is 0.868. The average Bonchev–Trinajstić information content (AvgIpc) is 2.55. The summed E-state index contributed by atoms with van der Waals surface area (Å²) in [6, 6.07) is 16.3. The van der Waals surface area contributed by atoms with Crippen LogP contribution in [0.1, 0.15) is 19.8 Å². The first-order chi connectivity index (χ1) is 10.3. The van der Waals surface area contributed by atoms with E-state index in [1.54, 1.807) is 6.20 Å². The molecule has 108 valence electrons. The number of pyridine rings is 1. The van der Waals surface area contributed by atoms with E-state index in [0.29, 0.717) is 13.0 Å². The van der Waals surface area contributed by atoms with Crippen LogP contribution in [0, 0.1) is 11.3 Å². The number of hydrogen-bond acceptors (Lipinski definition) is 4. The molecular formula is C17H20N4. The molecule has 0 aliphatic carbocycles. The molecule has 0 radical (unpaired) electrons. The summed E-state index contributed by atoms with van der Waals surface area (Å²) in [5.41, 5.74) is 2.13. The van der Waals surface area contributed by atoms with Crippen molar-refractivity contribution < 1.29 is 0 Å². The monoisotopic (exact) mass is 280 g/mol. The number of rotatable bonds is 7. The van der Waals surface area contributed by atoms with Gasteiger partial charge in [-0.15, -0.1) is 0 Å². The maximum Gasteiger partial charge on any atom is 0.127 e. The Bertz CT molecular complexity index is 589. The smallest absolute Gasteiger partial charge is 0.127 e. The third-order valence-electron chi connectivity index (χ3n) is 3.13. The predicted octanol–water partition coefficient (Wildman–Crippen LogP) is 3.96. The van der Waals surface area contributed by atoms with Gasteiger partial charge >= 0.3 is 0 Å². The minimum absolute atomic E-state index is 0.481. The fourth-order valence-electron chi connectivity index (χ4n) is 2.11. The van der Waals surface area contributed by atoms with Crippen molar-refractivity contribution in [2.75, 3.05) is 23.3 Å². The van der Waals surface area contributed by atoms with Crippen molar-refractivity contribution in [3.63, 3.8) is 0 Å². The van der Waals surface area contributed by atoms with Gasteiger partial charge in [0.25, 0.3) is 0 Å². The summed E-state index contributed by atoms with van der Waals surface area (Å²) in [7, 11) is 0. The van der Waals surface area contributed by atoms with Crippen molar-refractivity contribution in [3.8, 4) is 6.07 Å². The molecule has 0 saturated carbocycles. The zero-order valence-corrected chi connectivity index (χ0v) is 12.3. The fraction of sp³-hybridized carbons (Fsp3) is 0.294. The second-order valence-corrected chi connectivity index (χ2v) is 4.72. The Hall–Kier alpha value is -2.54. The quantitative estimate of drug-likeness (QED) is 0.834.